The normalized spacial score (nSPS) is 10.5. The Labute approximate surface area is 120 Å². The van der Waals surface area contributed by atoms with Gasteiger partial charge in [0.2, 0.25) is 0 Å². The zero-order valence-corrected chi connectivity index (χ0v) is 11.1. The van der Waals surface area contributed by atoms with Crippen molar-refractivity contribution in [2.45, 2.75) is 0 Å². The highest BCUT2D eigenvalue weighted by Gasteiger charge is 2.09. The fourth-order valence-electron chi connectivity index (χ4n) is 1.96. The Hall–Kier alpha value is -2.26. The third-order valence-electron chi connectivity index (χ3n) is 2.94. The number of halogens is 2. The van der Waals surface area contributed by atoms with Crippen LogP contribution in [0.4, 0.5) is 4.39 Å². The molecule has 0 fully saturated rings. The molecule has 0 aliphatic heterocycles. The first-order valence-corrected chi connectivity index (χ1v) is 6.37. The minimum atomic E-state index is -0.278. The topological polar surface area (TPSA) is 25.8 Å². The summed E-state index contributed by atoms with van der Waals surface area (Å²) < 4.78 is 13.0. The Bertz CT molecular complexity index is 660. The van der Waals surface area contributed by atoms with Crippen LogP contribution in [0.1, 0.15) is 0 Å². The molecule has 0 spiro atoms. The molecule has 1 heterocycles. The van der Waals surface area contributed by atoms with E-state index in [1.807, 2.05) is 24.3 Å². The highest BCUT2D eigenvalue weighted by Crippen LogP contribution is 2.30. The number of rotatable bonds is 2. The van der Waals surface area contributed by atoms with Crippen molar-refractivity contribution in [1.82, 2.24) is 9.97 Å². The second-order valence-corrected chi connectivity index (χ2v) is 4.68. The van der Waals surface area contributed by atoms with Crippen molar-refractivity contribution in [3.63, 3.8) is 0 Å². The third kappa shape index (κ3) is 2.53. The highest BCUT2D eigenvalue weighted by molar-refractivity contribution is 6.30. The van der Waals surface area contributed by atoms with Gasteiger partial charge in [-0.1, -0.05) is 23.7 Å². The van der Waals surface area contributed by atoms with Crippen molar-refractivity contribution in [2.75, 3.05) is 0 Å². The SMILES string of the molecule is Fc1ccc(-c2n[c]ncc2-c2ccc(Cl)cc2)cc1. The van der Waals surface area contributed by atoms with E-state index in [1.165, 1.54) is 12.1 Å². The first-order chi connectivity index (χ1) is 9.74. The van der Waals surface area contributed by atoms with Gasteiger partial charge in [0.25, 0.3) is 0 Å². The van der Waals surface area contributed by atoms with Crippen molar-refractivity contribution in [3.8, 4) is 22.4 Å². The molecule has 0 bridgehead atoms. The number of hydrogen-bond acceptors (Lipinski definition) is 2. The lowest BCUT2D eigenvalue weighted by Crippen LogP contribution is -1.91. The van der Waals surface area contributed by atoms with E-state index in [0.717, 1.165) is 16.7 Å². The lowest BCUT2D eigenvalue weighted by atomic mass is 10.0. The van der Waals surface area contributed by atoms with Crippen molar-refractivity contribution in [2.24, 2.45) is 0 Å². The molecule has 20 heavy (non-hydrogen) atoms. The Kier molecular flexibility index (Phi) is 3.44. The van der Waals surface area contributed by atoms with Crippen LogP contribution in [0.5, 0.6) is 0 Å². The minimum absolute atomic E-state index is 0.278. The van der Waals surface area contributed by atoms with Crippen LogP contribution < -0.4 is 0 Å². The zero-order valence-electron chi connectivity index (χ0n) is 10.3. The standard InChI is InChI=1S/C16H9ClFN2/c17-13-5-1-11(2-6-13)15-9-19-10-20-16(15)12-3-7-14(18)8-4-12/h1-9H. The molecule has 0 aliphatic rings. The second-order valence-electron chi connectivity index (χ2n) is 4.25. The van der Waals surface area contributed by atoms with Crippen LogP contribution in [0.3, 0.4) is 0 Å². The van der Waals surface area contributed by atoms with E-state index in [1.54, 1.807) is 18.3 Å². The summed E-state index contributed by atoms with van der Waals surface area (Å²) in [7, 11) is 0. The van der Waals surface area contributed by atoms with Crippen LogP contribution in [0, 0.1) is 12.1 Å². The second kappa shape index (κ2) is 5.39. The first-order valence-electron chi connectivity index (χ1n) is 5.99. The molecule has 1 radical (unpaired) electrons. The lowest BCUT2D eigenvalue weighted by molar-refractivity contribution is 0.628. The van der Waals surface area contributed by atoms with Gasteiger partial charge in [0.15, 0.2) is 6.33 Å². The molecule has 0 atom stereocenters. The summed E-state index contributed by atoms with van der Waals surface area (Å²) in [5.74, 6) is -0.278. The predicted molar refractivity (Wildman–Crippen MR) is 76.7 cm³/mol. The molecule has 3 rings (SSSR count). The van der Waals surface area contributed by atoms with E-state index in [9.17, 15) is 4.39 Å². The molecule has 0 N–H and O–H groups in total. The van der Waals surface area contributed by atoms with Gasteiger partial charge in [-0.3, -0.25) is 0 Å². The molecule has 4 heteroatoms. The maximum Gasteiger partial charge on any atom is 0.198 e. The molecular formula is C16H9ClFN2. The smallest absolute Gasteiger partial charge is 0.198 e. The van der Waals surface area contributed by atoms with Gasteiger partial charge in [-0.05, 0) is 42.0 Å². The average Bonchev–Trinajstić information content (AvgIpc) is 2.49. The highest BCUT2D eigenvalue weighted by atomic mass is 35.5. The zero-order chi connectivity index (χ0) is 13.9. The van der Waals surface area contributed by atoms with Crippen molar-refractivity contribution in [3.05, 3.63) is 71.9 Å². The van der Waals surface area contributed by atoms with E-state index in [-0.39, 0.29) is 5.82 Å². The average molecular weight is 284 g/mol. The molecule has 3 aromatic rings. The van der Waals surface area contributed by atoms with Crippen molar-refractivity contribution in [1.29, 1.82) is 0 Å². The van der Waals surface area contributed by atoms with Crippen LogP contribution in [-0.4, -0.2) is 9.97 Å². The van der Waals surface area contributed by atoms with E-state index >= 15 is 0 Å². The molecule has 1 aromatic heterocycles. The number of nitrogens with zero attached hydrogens (tertiary/aromatic N) is 2. The number of benzene rings is 2. The summed E-state index contributed by atoms with van der Waals surface area (Å²) in [4.78, 5) is 8.13. The predicted octanol–water partition coefficient (Wildman–Crippen LogP) is 4.40. The summed E-state index contributed by atoms with van der Waals surface area (Å²) >= 11 is 5.89. The van der Waals surface area contributed by atoms with Gasteiger partial charge in [-0.15, -0.1) is 0 Å². The van der Waals surface area contributed by atoms with Gasteiger partial charge < -0.3 is 0 Å². The van der Waals surface area contributed by atoms with Crippen LogP contribution in [0.15, 0.2) is 54.7 Å². The molecule has 97 valence electrons. The molecule has 2 aromatic carbocycles. The first kappa shape index (κ1) is 12.8. The monoisotopic (exact) mass is 283 g/mol. The van der Waals surface area contributed by atoms with Crippen LogP contribution in [-0.2, 0) is 0 Å². The van der Waals surface area contributed by atoms with Crippen molar-refractivity contribution < 1.29 is 4.39 Å². The lowest BCUT2D eigenvalue weighted by Gasteiger charge is -2.08. The van der Waals surface area contributed by atoms with E-state index < -0.39 is 0 Å². The molecule has 0 amide bonds. The van der Waals surface area contributed by atoms with Gasteiger partial charge in [0, 0.05) is 22.3 Å². The minimum Gasteiger partial charge on any atom is -0.233 e. The van der Waals surface area contributed by atoms with E-state index in [0.29, 0.717) is 10.7 Å². The molecule has 2 nitrogen and oxygen atoms in total. The quantitative estimate of drug-likeness (QED) is 0.696. The molecular weight excluding hydrogens is 275 g/mol. The van der Waals surface area contributed by atoms with Gasteiger partial charge in [-0.2, -0.15) is 0 Å². The van der Waals surface area contributed by atoms with Crippen LogP contribution >= 0.6 is 11.6 Å². The number of hydrogen-bond donors (Lipinski definition) is 0. The Morgan fingerprint density at radius 3 is 2.25 bits per heavy atom. The fraction of sp³-hybridized carbons (Fsp3) is 0. The largest absolute Gasteiger partial charge is 0.233 e. The van der Waals surface area contributed by atoms with Crippen molar-refractivity contribution >= 4 is 11.6 Å². The molecule has 0 saturated heterocycles. The fourth-order valence-corrected chi connectivity index (χ4v) is 2.09. The van der Waals surface area contributed by atoms with Crippen LogP contribution in [0.2, 0.25) is 5.02 Å². The number of aromatic nitrogens is 2. The summed E-state index contributed by atoms with van der Waals surface area (Å²) in [6, 6.07) is 13.6. The van der Waals surface area contributed by atoms with E-state index in [2.05, 4.69) is 16.3 Å². The molecule has 0 saturated carbocycles. The Balaban J connectivity index is 2.13. The molecule has 0 unspecified atom stereocenters. The summed E-state index contributed by atoms with van der Waals surface area (Å²) in [5, 5.41) is 0.667. The summed E-state index contributed by atoms with van der Waals surface area (Å²) in [5.41, 5.74) is 3.33. The van der Waals surface area contributed by atoms with Gasteiger partial charge >= 0.3 is 0 Å². The third-order valence-corrected chi connectivity index (χ3v) is 3.19. The van der Waals surface area contributed by atoms with Gasteiger partial charge in [0.05, 0.1) is 5.69 Å². The van der Waals surface area contributed by atoms with E-state index in [4.69, 9.17) is 11.6 Å². The Morgan fingerprint density at radius 1 is 0.900 bits per heavy atom. The van der Waals surface area contributed by atoms with Crippen LogP contribution in [0.25, 0.3) is 22.4 Å². The summed E-state index contributed by atoms with van der Waals surface area (Å²) in [6.45, 7) is 0. The maximum absolute atomic E-state index is 13.0. The summed E-state index contributed by atoms with van der Waals surface area (Å²) in [6.07, 6.45) is 4.27. The molecule has 0 aliphatic carbocycles. The Morgan fingerprint density at radius 2 is 1.55 bits per heavy atom. The maximum atomic E-state index is 13.0. The van der Waals surface area contributed by atoms with Gasteiger partial charge in [0.1, 0.15) is 5.82 Å². The van der Waals surface area contributed by atoms with Gasteiger partial charge in [-0.25, -0.2) is 14.4 Å².